The number of carbonyl (C=O) groups excluding carboxylic acids is 1. The number of carbonyl (C=O) groups is 1. The molecule has 1 saturated carbocycles. The smallest absolute Gasteiger partial charge is 0.139 e. The van der Waals surface area contributed by atoms with Crippen molar-refractivity contribution in [3.05, 3.63) is 12.2 Å². The van der Waals surface area contributed by atoms with E-state index in [4.69, 9.17) is 0 Å². The minimum atomic E-state index is 0.278. The van der Waals surface area contributed by atoms with Gasteiger partial charge >= 0.3 is 0 Å². The molecule has 0 aromatic rings. The van der Waals surface area contributed by atoms with E-state index in [9.17, 15) is 4.79 Å². The average Bonchev–Trinajstić information content (AvgIpc) is 2.44. The lowest BCUT2D eigenvalue weighted by atomic mass is 9.73. The highest BCUT2D eigenvalue weighted by Crippen LogP contribution is 2.41. The molecule has 2 rings (SSSR count). The van der Waals surface area contributed by atoms with Crippen LogP contribution in [0.3, 0.4) is 0 Å². The number of fused-ring (bicyclic) bond motifs is 2. The Kier molecular flexibility index (Phi) is 1.41. The minimum Gasteiger partial charge on any atom is -0.299 e. The summed E-state index contributed by atoms with van der Waals surface area (Å²) in [6, 6.07) is 0. The number of Topliss-reactive ketones (excluding diaryl/α,β-unsaturated/α-hetero) is 1. The summed E-state index contributed by atoms with van der Waals surface area (Å²) >= 11 is 0. The van der Waals surface area contributed by atoms with Gasteiger partial charge in [0.2, 0.25) is 0 Å². The van der Waals surface area contributed by atoms with Crippen molar-refractivity contribution in [1.29, 1.82) is 0 Å². The van der Waals surface area contributed by atoms with Crippen molar-refractivity contribution in [3.63, 3.8) is 0 Å². The monoisotopic (exact) mass is 150 g/mol. The maximum Gasteiger partial charge on any atom is 0.139 e. The number of rotatable bonds is 0. The van der Waals surface area contributed by atoms with Crippen molar-refractivity contribution in [2.24, 2.45) is 23.7 Å². The summed E-state index contributed by atoms with van der Waals surface area (Å²) < 4.78 is 0. The molecule has 0 unspecified atom stereocenters. The number of allylic oxidation sites excluding steroid dienone is 2. The summed E-state index contributed by atoms with van der Waals surface area (Å²) in [7, 11) is 0. The van der Waals surface area contributed by atoms with Crippen molar-refractivity contribution < 1.29 is 4.79 Å². The van der Waals surface area contributed by atoms with Crippen molar-refractivity contribution in [2.75, 3.05) is 0 Å². The number of hydrogen-bond donors (Lipinski definition) is 0. The zero-order chi connectivity index (χ0) is 8.01. The summed E-state index contributed by atoms with van der Waals surface area (Å²) in [6.07, 6.45) is 5.68. The van der Waals surface area contributed by atoms with Crippen molar-refractivity contribution >= 4 is 5.78 Å². The SMILES string of the molecule is C[C@@H]1C(=O)[C@H](C)[C@H]2C=C[C@@H]1C2. The van der Waals surface area contributed by atoms with E-state index in [2.05, 4.69) is 26.0 Å². The van der Waals surface area contributed by atoms with E-state index in [1.54, 1.807) is 0 Å². The Morgan fingerprint density at radius 3 is 2.09 bits per heavy atom. The van der Waals surface area contributed by atoms with E-state index >= 15 is 0 Å². The molecule has 4 atom stereocenters. The topological polar surface area (TPSA) is 17.1 Å². The first-order valence-electron chi connectivity index (χ1n) is 4.42. The molecule has 0 aromatic heterocycles. The molecule has 0 aliphatic heterocycles. The van der Waals surface area contributed by atoms with E-state index in [0.717, 1.165) is 0 Å². The van der Waals surface area contributed by atoms with Crippen LogP contribution >= 0.6 is 0 Å². The van der Waals surface area contributed by atoms with Gasteiger partial charge in [0.25, 0.3) is 0 Å². The summed E-state index contributed by atoms with van der Waals surface area (Å²) in [5, 5.41) is 0. The zero-order valence-corrected chi connectivity index (χ0v) is 7.08. The standard InChI is InChI=1S/C10H14O/c1-6-8-3-4-9(5-8)7(2)10(6)11/h3-4,6-9H,5H2,1-2H3/t6-,7+,8+,9-. The highest BCUT2D eigenvalue weighted by molar-refractivity contribution is 5.85. The Bertz CT molecular complexity index is 197. The highest BCUT2D eigenvalue weighted by Gasteiger charge is 2.39. The molecule has 60 valence electrons. The van der Waals surface area contributed by atoms with Gasteiger partial charge in [-0.3, -0.25) is 4.79 Å². The van der Waals surface area contributed by atoms with Gasteiger partial charge in [0.1, 0.15) is 5.78 Å². The van der Waals surface area contributed by atoms with Gasteiger partial charge in [-0.15, -0.1) is 0 Å². The van der Waals surface area contributed by atoms with Crippen LogP contribution in [0.1, 0.15) is 20.3 Å². The molecule has 2 aliphatic carbocycles. The van der Waals surface area contributed by atoms with Crippen LogP contribution in [0.25, 0.3) is 0 Å². The first kappa shape index (κ1) is 7.08. The Labute approximate surface area is 67.5 Å². The molecule has 1 fully saturated rings. The Balaban J connectivity index is 2.29. The van der Waals surface area contributed by atoms with Crippen LogP contribution in [0, 0.1) is 23.7 Å². The summed E-state index contributed by atoms with van der Waals surface area (Å²) in [5.74, 6) is 2.14. The Morgan fingerprint density at radius 2 is 1.64 bits per heavy atom. The molecule has 0 spiro atoms. The maximum absolute atomic E-state index is 11.5. The number of ketones is 1. The van der Waals surface area contributed by atoms with Gasteiger partial charge in [0.15, 0.2) is 0 Å². The van der Waals surface area contributed by atoms with Crippen molar-refractivity contribution in [3.8, 4) is 0 Å². The molecule has 1 heteroatoms. The van der Waals surface area contributed by atoms with Crippen LogP contribution in [0.15, 0.2) is 12.2 Å². The van der Waals surface area contributed by atoms with Crippen LogP contribution in [0.4, 0.5) is 0 Å². The molecular formula is C10H14O. The van der Waals surface area contributed by atoms with Gasteiger partial charge in [0, 0.05) is 11.8 Å². The third kappa shape index (κ3) is 0.867. The van der Waals surface area contributed by atoms with Crippen molar-refractivity contribution in [2.45, 2.75) is 20.3 Å². The molecular weight excluding hydrogens is 136 g/mol. The second-order valence-corrected chi connectivity index (χ2v) is 3.93. The molecule has 2 aliphatic rings. The zero-order valence-electron chi connectivity index (χ0n) is 7.08. The van der Waals surface area contributed by atoms with Gasteiger partial charge in [0.05, 0.1) is 0 Å². The fourth-order valence-electron chi connectivity index (χ4n) is 2.34. The van der Waals surface area contributed by atoms with Crippen LogP contribution < -0.4 is 0 Å². The first-order chi connectivity index (χ1) is 5.20. The second-order valence-electron chi connectivity index (χ2n) is 3.93. The van der Waals surface area contributed by atoms with E-state index < -0.39 is 0 Å². The van der Waals surface area contributed by atoms with E-state index in [1.165, 1.54) is 6.42 Å². The van der Waals surface area contributed by atoms with E-state index in [1.807, 2.05) is 0 Å². The predicted molar refractivity (Wildman–Crippen MR) is 44.1 cm³/mol. The Morgan fingerprint density at radius 1 is 1.18 bits per heavy atom. The molecule has 0 radical (unpaired) electrons. The summed E-state index contributed by atoms with van der Waals surface area (Å²) in [4.78, 5) is 11.5. The van der Waals surface area contributed by atoms with Crippen LogP contribution in [-0.4, -0.2) is 5.78 Å². The van der Waals surface area contributed by atoms with Gasteiger partial charge in [-0.2, -0.15) is 0 Å². The lowest BCUT2D eigenvalue weighted by Gasteiger charge is -2.29. The van der Waals surface area contributed by atoms with E-state index in [0.29, 0.717) is 17.6 Å². The molecule has 0 amide bonds. The summed E-state index contributed by atoms with van der Waals surface area (Å²) in [6.45, 7) is 4.13. The molecule has 2 bridgehead atoms. The quantitative estimate of drug-likeness (QED) is 0.483. The highest BCUT2D eigenvalue weighted by atomic mass is 16.1. The van der Waals surface area contributed by atoms with E-state index in [-0.39, 0.29) is 11.8 Å². The fourth-order valence-corrected chi connectivity index (χ4v) is 2.34. The van der Waals surface area contributed by atoms with Crippen molar-refractivity contribution in [1.82, 2.24) is 0 Å². The lowest BCUT2D eigenvalue weighted by molar-refractivity contribution is -0.130. The largest absolute Gasteiger partial charge is 0.299 e. The maximum atomic E-state index is 11.5. The molecule has 11 heavy (non-hydrogen) atoms. The lowest BCUT2D eigenvalue weighted by Crippen LogP contribution is -2.33. The van der Waals surface area contributed by atoms with Gasteiger partial charge in [-0.25, -0.2) is 0 Å². The van der Waals surface area contributed by atoms with Crippen LogP contribution in [-0.2, 0) is 4.79 Å². The summed E-state index contributed by atoms with van der Waals surface area (Å²) in [5.41, 5.74) is 0. The van der Waals surface area contributed by atoms with Gasteiger partial charge in [-0.05, 0) is 18.3 Å². The van der Waals surface area contributed by atoms with Crippen LogP contribution in [0.5, 0.6) is 0 Å². The molecule has 0 saturated heterocycles. The minimum absolute atomic E-state index is 0.278. The molecule has 1 nitrogen and oxygen atoms in total. The van der Waals surface area contributed by atoms with Gasteiger partial charge < -0.3 is 0 Å². The normalized spacial score (nSPS) is 48.4. The Hall–Kier alpha value is -0.590. The number of hydrogen-bond acceptors (Lipinski definition) is 1. The predicted octanol–water partition coefficient (Wildman–Crippen LogP) is 2.03. The second kappa shape index (κ2) is 2.20. The van der Waals surface area contributed by atoms with Crippen LogP contribution in [0.2, 0.25) is 0 Å². The third-order valence-corrected chi connectivity index (χ3v) is 3.33. The molecule has 0 aromatic carbocycles. The first-order valence-corrected chi connectivity index (χ1v) is 4.42. The average molecular weight is 150 g/mol. The third-order valence-electron chi connectivity index (χ3n) is 3.33. The fraction of sp³-hybridized carbons (Fsp3) is 0.700. The molecule has 0 heterocycles. The molecule has 0 N–H and O–H groups in total. The van der Waals surface area contributed by atoms with Gasteiger partial charge in [-0.1, -0.05) is 26.0 Å².